The Bertz CT molecular complexity index is 598. The average molecular weight is 336 g/mol. The molecular formula is C17H28N4O3. The van der Waals surface area contributed by atoms with Crippen LogP contribution in [0.1, 0.15) is 47.2 Å². The van der Waals surface area contributed by atoms with Crippen molar-refractivity contribution >= 4 is 11.9 Å². The molecule has 1 aliphatic rings. The fourth-order valence-electron chi connectivity index (χ4n) is 2.88. The van der Waals surface area contributed by atoms with Crippen LogP contribution in [0.3, 0.4) is 0 Å². The highest BCUT2D eigenvalue weighted by atomic mass is 16.6. The summed E-state index contributed by atoms with van der Waals surface area (Å²) in [6.07, 6.45) is 2.86. The minimum Gasteiger partial charge on any atom is -0.444 e. The normalized spacial score (nSPS) is 23.2. The van der Waals surface area contributed by atoms with Crippen LogP contribution in [0, 0.1) is 6.92 Å². The van der Waals surface area contributed by atoms with Crippen LogP contribution >= 0.6 is 0 Å². The molecule has 1 amide bonds. The van der Waals surface area contributed by atoms with Gasteiger partial charge in [-0.3, -0.25) is 9.88 Å². The van der Waals surface area contributed by atoms with Crippen LogP contribution in [0.25, 0.3) is 0 Å². The molecule has 1 N–H and O–H groups in total. The number of nitrogens with zero attached hydrogens (tertiary/aromatic N) is 3. The van der Waals surface area contributed by atoms with Gasteiger partial charge < -0.3 is 14.8 Å². The number of hydrogen-bond donors (Lipinski definition) is 1. The van der Waals surface area contributed by atoms with Crippen molar-refractivity contribution in [2.24, 2.45) is 0 Å². The van der Waals surface area contributed by atoms with Crippen molar-refractivity contribution < 1.29 is 14.3 Å². The van der Waals surface area contributed by atoms with Crippen molar-refractivity contribution in [3.05, 3.63) is 18.1 Å². The van der Waals surface area contributed by atoms with E-state index in [0.717, 1.165) is 5.69 Å². The molecule has 0 radical (unpaired) electrons. The van der Waals surface area contributed by atoms with E-state index in [-0.39, 0.29) is 18.2 Å². The molecular weight excluding hydrogens is 308 g/mol. The molecule has 1 saturated heterocycles. The standard InChI is InChI=1S/C17H28N4O3/c1-11-8-18-10-14(20-11)19-9-13-12(2)23-17(6,7)21(13)15(22)24-16(3,4)5/h8,10,12-13H,9H2,1-7H3,(H,19,20). The van der Waals surface area contributed by atoms with E-state index in [1.807, 2.05) is 48.5 Å². The smallest absolute Gasteiger partial charge is 0.412 e. The molecule has 0 aromatic carbocycles. The summed E-state index contributed by atoms with van der Waals surface area (Å²) in [5.41, 5.74) is -0.453. The first kappa shape index (κ1) is 18.4. The number of aryl methyl sites for hydroxylation is 1. The van der Waals surface area contributed by atoms with Gasteiger partial charge in [0.15, 0.2) is 0 Å². The third-order valence-electron chi connectivity index (χ3n) is 3.77. The van der Waals surface area contributed by atoms with Gasteiger partial charge in [-0.2, -0.15) is 0 Å². The van der Waals surface area contributed by atoms with E-state index in [1.54, 1.807) is 17.3 Å². The second-order valence-corrected chi connectivity index (χ2v) is 7.61. The van der Waals surface area contributed by atoms with Crippen molar-refractivity contribution in [1.82, 2.24) is 14.9 Å². The summed E-state index contributed by atoms with van der Waals surface area (Å²) >= 11 is 0. The van der Waals surface area contributed by atoms with Crippen LogP contribution in [-0.2, 0) is 9.47 Å². The SMILES string of the molecule is Cc1cncc(NCC2C(C)OC(C)(C)N2C(=O)OC(C)(C)C)n1. The van der Waals surface area contributed by atoms with Gasteiger partial charge in [-0.05, 0) is 48.5 Å². The van der Waals surface area contributed by atoms with Gasteiger partial charge in [-0.25, -0.2) is 9.78 Å². The largest absolute Gasteiger partial charge is 0.444 e. The van der Waals surface area contributed by atoms with Gasteiger partial charge in [0.05, 0.1) is 24.0 Å². The first-order valence-corrected chi connectivity index (χ1v) is 8.22. The van der Waals surface area contributed by atoms with Crippen molar-refractivity contribution in [2.45, 2.75) is 71.9 Å². The number of carbonyl (C=O) groups is 1. The number of aromatic nitrogens is 2. The molecule has 1 aromatic heterocycles. The fraction of sp³-hybridized carbons (Fsp3) is 0.706. The zero-order valence-corrected chi connectivity index (χ0v) is 15.6. The third kappa shape index (κ3) is 4.35. The van der Waals surface area contributed by atoms with Gasteiger partial charge in [0.25, 0.3) is 0 Å². The first-order chi connectivity index (χ1) is 11.0. The van der Waals surface area contributed by atoms with Crippen LogP contribution in [0.15, 0.2) is 12.4 Å². The number of amides is 1. The fourth-order valence-corrected chi connectivity index (χ4v) is 2.88. The van der Waals surface area contributed by atoms with Gasteiger partial charge in [0.1, 0.15) is 17.1 Å². The molecule has 7 heteroatoms. The van der Waals surface area contributed by atoms with Crippen LogP contribution in [0.5, 0.6) is 0 Å². The predicted octanol–water partition coefficient (Wildman–Crippen LogP) is 2.96. The Morgan fingerprint density at radius 3 is 2.67 bits per heavy atom. The Balaban J connectivity index is 2.14. The minimum absolute atomic E-state index is 0.127. The molecule has 0 bridgehead atoms. The molecule has 24 heavy (non-hydrogen) atoms. The maximum atomic E-state index is 12.7. The van der Waals surface area contributed by atoms with Gasteiger partial charge in [-0.15, -0.1) is 0 Å². The zero-order chi connectivity index (χ0) is 18.1. The maximum absolute atomic E-state index is 12.7. The van der Waals surface area contributed by atoms with Gasteiger partial charge >= 0.3 is 6.09 Å². The summed E-state index contributed by atoms with van der Waals surface area (Å²) < 4.78 is 11.5. The van der Waals surface area contributed by atoms with E-state index in [4.69, 9.17) is 9.47 Å². The van der Waals surface area contributed by atoms with E-state index in [0.29, 0.717) is 12.4 Å². The summed E-state index contributed by atoms with van der Waals surface area (Å²) in [5.74, 6) is 0.677. The summed E-state index contributed by atoms with van der Waals surface area (Å²) in [6.45, 7) is 13.7. The summed E-state index contributed by atoms with van der Waals surface area (Å²) in [7, 11) is 0. The monoisotopic (exact) mass is 336 g/mol. The van der Waals surface area contributed by atoms with Crippen LogP contribution in [0.2, 0.25) is 0 Å². The predicted molar refractivity (Wildman–Crippen MR) is 91.7 cm³/mol. The lowest BCUT2D eigenvalue weighted by molar-refractivity contribution is -0.0755. The lowest BCUT2D eigenvalue weighted by atomic mass is 10.1. The number of carbonyl (C=O) groups excluding carboxylic acids is 1. The van der Waals surface area contributed by atoms with Crippen molar-refractivity contribution in [1.29, 1.82) is 0 Å². The molecule has 2 unspecified atom stereocenters. The maximum Gasteiger partial charge on any atom is 0.412 e. The molecule has 2 atom stereocenters. The molecule has 7 nitrogen and oxygen atoms in total. The van der Waals surface area contributed by atoms with E-state index in [2.05, 4.69) is 15.3 Å². The Morgan fingerprint density at radius 1 is 1.42 bits per heavy atom. The van der Waals surface area contributed by atoms with Crippen LogP contribution < -0.4 is 5.32 Å². The van der Waals surface area contributed by atoms with Crippen LogP contribution in [-0.4, -0.2) is 51.0 Å². The molecule has 1 aliphatic heterocycles. The summed E-state index contributed by atoms with van der Waals surface area (Å²) in [5, 5.41) is 3.24. The minimum atomic E-state index is -0.730. The van der Waals surface area contributed by atoms with Gasteiger partial charge in [-0.1, -0.05) is 0 Å². The van der Waals surface area contributed by atoms with Crippen molar-refractivity contribution in [2.75, 3.05) is 11.9 Å². The van der Waals surface area contributed by atoms with Crippen molar-refractivity contribution in [3.63, 3.8) is 0 Å². The molecule has 134 valence electrons. The summed E-state index contributed by atoms with van der Waals surface area (Å²) in [6, 6.07) is -0.169. The highest BCUT2D eigenvalue weighted by molar-refractivity contribution is 5.70. The topological polar surface area (TPSA) is 76.6 Å². The number of ether oxygens (including phenoxy) is 2. The highest BCUT2D eigenvalue weighted by Crippen LogP contribution is 2.33. The van der Waals surface area contributed by atoms with E-state index in [1.165, 1.54) is 0 Å². The van der Waals surface area contributed by atoms with Gasteiger partial charge in [0, 0.05) is 12.7 Å². The Labute approximate surface area is 143 Å². The highest BCUT2D eigenvalue weighted by Gasteiger charge is 2.49. The number of rotatable bonds is 3. The Kier molecular flexibility index (Phi) is 5.03. The molecule has 2 rings (SSSR count). The lowest BCUT2D eigenvalue weighted by Crippen LogP contribution is -2.52. The Morgan fingerprint density at radius 2 is 2.08 bits per heavy atom. The molecule has 1 fully saturated rings. The summed E-state index contributed by atoms with van der Waals surface area (Å²) in [4.78, 5) is 22.8. The van der Waals surface area contributed by atoms with Crippen LogP contribution in [0.4, 0.5) is 10.6 Å². The number of anilines is 1. The molecule has 0 spiro atoms. The molecule has 2 heterocycles. The van der Waals surface area contributed by atoms with E-state index in [9.17, 15) is 4.79 Å². The average Bonchev–Trinajstić information content (AvgIpc) is 2.63. The molecule has 0 aliphatic carbocycles. The lowest BCUT2D eigenvalue weighted by Gasteiger charge is -2.35. The molecule has 1 aromatic rings. The third-order valence-corrected chi connectivity index (χ3v) is 3.77. The second kappa shape index (κ2) is 6.55. The Hall–Kier alpha value is -1.89. The number of nitrogens with one attached hydrogen (secondary N) is 1. The zero-order valence-electron chi connectivity index (χ0n) is 15.6. The molecule has 0 saturated carbocycles. The van der Waals surface area contributed by atoms with E-state index >= 15 is 0 Å². The van der Waals surface area contributed by atoms with Gasteiger partial charge in [0.2, 0.25) is 0 Å². The number of hydrogen-bond acceptors (Lipinski definition) is 6. The van der Waals surface area contributed by atoms with Crippen molar-refractivity contribution in [3.8, 4) is 0 Å². The second-order valence-electron chi connectivity index (χ2n) is 7.61. The first-order valence-electron chi connectivity index (χ1n) is 8.22. The quantitative estimate of drug-likeness (QED) is 0.914. The van der Waals surface area contributed by atoms with E-state index < -0.39 is 11.3 Å².